The Bertz CT molecular complexity index is 947. The third-order valence-corrected chi connectivity index (χ3v) is 38.0. The zero-order valence-electron chi connectivity index (χ0n) is 29.0. The van der Waals surface area contributed by atoms with Gasteiger partial charge in [-0.3, -0.25) is 9.80 Å². The average Bonchev–Trinajstić information content (AvgIpc) is 3.65. The van der Waals surface area contributed by atoms with Gasteiger partial charge in [0.25, 0.3) is 0 Å². The van der Waals surface area contributed by atoms with Crippen molar-refractivity contribution in [3.05, 3.63) is 0 Å². The smallest absolute Gasteiger partial charge is 0.0452 e. The van der Waals surface area contributed by atoms with Crippen LogP contribution in [-0.2, 0) is 0 Å². The summed E-state index contributed by atoms with van der Waals surface area (Å²) in [6.07, 6.45) is 21.6. The largest absolute Gasteiger partial charge is 0.300 e. The first-order valence-electron chi connectivity index (χ1n) is 19.5. The van der Waals surface area contributed by atoms with Gasteiger partial charge in [-0.2, -0.15) is 0 Å². The summed E-state index contributed by atoms with van der Waals surface area (Å²) in [5, 5.41) is 0. The molecule has 0 radical (unpaired) electrons. The number of hydrogen-bond donors (Lipinski definition) is 0. The number of likely N-dealkylation sites (tertiary alicyclic amines) is 2. The fourth-order valence-electron chi connectivity index (χ4n) is 15.9. The van der Waals surface area contributed by atoms with E-state index >= 15 is 0 Å². The second kappa shape index (κ2) is 10.4. The third kappa shape index (κ3) is 3.98. The van der Waals surface area contributed by atoms with E-state index in [-0.39, 0.29) is 0 Å². The lowest BCUT2D eigenvalue weighted by molar-refractivity contribution is 0.108. The van der Waals surface area contributed by atoms with Crippen LogP contribution in [0.4, 0.5) is 0 Å². The standard InChI is InChI=1S/C38H68N2Si2/c1-23-17-19-31-29(21-23)33-35(39(31)3)25-13-9-11-15-27(25)37(33)41(5,6)42(7,8)38-28-16-12-10-14-26(28)36-34(38)30-22-24(2)18-20-32(30)40(36)4/h23-38H,9-22H2,1-8H3. The van der Waals surface area contributed by atoms with Gasteiger partial charge in [-0.25, -0.2) is 0 Å². The monoisotopic (exact) mass is 608 g/mol. The van der Waals surface area contributed by atoms with Crippen molar-refractivity contribution >= 4 is 15.2 Å². The van der Waals surface area contributed by atoms with E-state index in [2.05, 4.69) is 63.9 Å². The Morgan fingerprint density at radius 1 is 0.452 bits per heavy atom. The Balaban J connectivity index is 1.20. The summed E-state index contributed by atoms with van der Waals surface area (Å²) in [5.74, 6) is 10.3. The van der Waals surface area contributed by atoms with Gasteiger partial charge >= 0.3 is 0 Å². The highest BCUT2D eigenvalue weighted by atomic mass is 29.3. The molecule has 16 atom stereocenters. The molecule has 42 heavy (non-hydrogen) atoms. The number of nitrogens with zero attached hydrogens (tertiary/aromatic N) is 2. The molecular formula is C38H68N2Si2. The molecule has 6 saturated carbocycles. The Hall–Kier alpha value is 0.354. The van der Waals surface area contributed by atoms with E-state index < -0.39 is 15.2 Å². The van der Waals surface area contributed by atoms with Crippen molar-refractivity contribution in [2.24, 2.45) is 59.2 Å². The van der Waals surface area contributed by atoms with Gasteiger partial charge in [-0.05, 0) is 136 Å². The summed E-state index contributed by atoms with van der Waals surface area (Å²) in [5.41, 5.74) is 2.25. The van der Waals surface area contributed by atoms with Crippen LogP contribution in [0.1, 0.15) is 104 Å². The Kier molecular flexibility index (Phi) is 7.38. The van der Waals surface area contributed by atoms with Crippen molar-refractivity contribution in [3.63, 3.8) is 0 Å². The first-order valence-corrected chi connectivity index (χ1v) is 26.6. The lowest BCUT2D eigenvalue weighted by atomic mass is 9.73. The molecule has 0 N–H and O–H groups in total. The summed E-state index contributed by atoms with van der Waals surface area (Å²) >= 11 is 0. The van der Waals surface area contributed by atoms with Gasteiger partial charge < -0.3 is 0 Å². The molecular weight excluding hydrogens is 541 g/mol. The van der Waals surface area contributed by atoms with Crippen LogP contribution in [0.15, 0.2) is 0 Å². The maximum atomic E-state index is 3.07. The highest BCUT2D eigenvalue weighted by Crippen LogP contribution is 2.70. The van der Waals surface area contributed by atoms with Crippen molar-refractivity contribution in [1.29, 1.82) is 0 Å². The van der Waals surface area contributed by atoms with E-state index in [1.54, 1.807) is 51.4 Å². The quantitative estimate of drug-likeness (QED) is 0.295. The number of hydrogen-bond acceptors (Lipinski definition) is 2. The molecule has 0 aromatic heterocycles. The first-order chi connectivity index (χ1) is 20.0. The van der Waals surface area contributed by atoms with E-state index in [0.717, 1.165) is 94.4 Å². The van der Waals surface area contributed by atoms with Crippen molar-refractivity contribution < 1.29 is 0 Å². The molecule has 2 heterocycles. The third-order valence-electron chi connectivity index (χ3n) is 17.7. The highest BCUT2D eigenvalue weighted by molar-refractivity contribution is 7.41. The first kappa shape index (κ1) is 29.7. The fraction of sp³-hybridized carbons (Fsp3) is 1.00. The van der Waals surface area contributed by atoms with Crippen LogP contribution in [0.25, 0.3) is 0 Å². The lowest BCUT2D eigenvalue weighted by Gasteiger charge is -2.55. The van der Waals surface area contributed by atoms with Crippen LogP contribution < -0.4 is 0 Å². The molecule has 2 saturated heterocycles. The summed E-state index contributed by atoms with van der Waals surface area (Å²) in [7, 11) is 2.20. The highest BCUT2D eigenvalue weighted by Gasteiger charge is 2.71. The van der Waals surface area contributed by atoms with Gasteiger partial charge in [0.2, 0.25) is 0 Å². The zero-order valence-corrected chi connectivity index (χ0v) is 31.0. The predicted octanol–water partition coefficient (Wildman–Crippen LogP) is 9.33. The minimum Gasteiger partial charge on any atom is -0.300 e. The zero-order chi connectivity index (χ0) is 29.3. The molecule has 8 fully saturated rings. The van der Waals surface area contributed by atoms with Gasteiger partial charge in [-0.1, -0.05) is 78.6 Å². The molecule has 0 spiro atoms. The van der Waals surface area contributed by atoms with Crippen LogP contribution in [0.5, 0.6) is 0 Å². The molecule has 4 heteroatoms. The summed E-state index contributed by atoms with van der Waals surface area (Å²) in [6.45, 7) is 17.5. The number of fused-ring (bicyclic) bond motifs is 10. The maximum Gasteiger partial charge on any atom is 0.0452 e. The molecule has 0 aromatic rings. The number of rotatable bonds is 3. The summed E-state index contributed by atoms with van der Waals surface area (Å²) < 4.78 is 0. The Morgan fingerprint density at radius 2 is 0.810 bits per heavy atom. The molecule has 0 aromatic carbocycles. The minimum absolute atomic E-state index is 0.919. The Labute approximate surface area is 262 Å². The maximum absolute atomic E-state index is 3.07. The Morgan fingerprint density at radius 3 is 1.19 bits per heavy atom. The van der Waals surface area contributed by atoms with Crippen LogP contribution in [0, 0.1) is 59.2 Å². The van der Waals surface area contributed by atoms with Gasteiger partial charge in [0.15, 0.2) is 0 Å². The van der Waals surface area contributed by atoms with E-state index in [1.165, 1.54) is 38.5 Å². The molecule has 6 aliphatic carbocycles. The van der Waals surface area contributed by atoms with Crippen LogP contribution >= 0.6 is 0 Å². The summed E-state index contributed by atoms with van der Waals surface area (Å²) in [6, 6.07) is 3.72. The fourth-order valence-corrected chi connectivity index (χ4v) is 31.0. The predicted molar refractivity (Wildman–Crippen MR) is 184 cm³/mol. The molecule has 2 nitrogen and oxygen atoms in total. The van der Waals surface area contributed by atoms with Crippen LogP contribution in [0.3, 0.4) is 0 Å². The van der Waals surface area contributed by atoms with Crippen LogP contribution in [-0.4, -0.2) is 63.2 Å². The van der Waals surface area contributed by atoms with Crippen molar-refractivity contribution in [2.75, 3.05) is 14.1 Å². The van der Waals surface area contributed by atoms with Crippen molar-refractivity contribution in [2.45, 2.75) is 165 Å². The molecule has 0 bridgehead atoms. The molecule has 0 amide bonds. The second-order valence-electron chi connectivity index (χ2n) is 19.5. The second-order valence-corrected chi connectivity index (χ2v) is 35.4. The van der Waals surface area contributed by atoms with E-state index in [4.69, 9.17) is 0 Å². The van der Waals surface area contributed by atoms with Crippen molar-refractivity contribution in [3.8, 4) is 0 Å². The van der Waals surface area contributed by atoms with E-state index in [9.17, 15) is 0 Å². The van der Waals surface area contributed by atoms with Crippen LogP contribution in [0.2, 0.25) is 37.3 Å². The average molecular weight is 609 g/mol. The molecule has 2 aliphatic heterocycles. The minimum atomic E-state index is -1.52. The normalized spacial score (nSPS) is 54.6. The molecule has 8 aliphatic rings. The molecule has 16 unspecified atom stereocenters. The van der Waals surface area contributed by atoms with Gasteiger partial charge in [0, 0.05) is 39.4 Å². The molecule has 238 valence electrons. The van der Waals surface area contributed by atoms with E-state index in [0.29, 0.717) is 0 Å². The lowest BCUT2D eigenvalue weighted by Crippen LogP contribution is -2.64. The molecule has 8 rings (SSSR count). The SMILES string of the molecule is CC1CCC2C(C1)C1C(C3CCCCC3C1[Si](C)(C)[Si](C)(C)C1C3CCCCC3C3C1C1CC(C)CCC1N3C)N2C. The summed E-state index contributed by atoms with van der Waals surface area (Å²) in [4.78, 5) is 6.12. The van der Waals surface area contributed by atoms with Gasteiger partial charge in [-0.15, -0.1) is 0 Å². The topological polar surface area (TPSA) is 6.48 Å². The van der Waals surface area contributed by atoms with Gasteiger partial charge in [0.1, 0.15) is 0 Å². The van der Waals surface area contributed by atoms with Gasteiger partial charge in [0.05, 0.1) is 0 Å². The van der Waals surface area contributed by atoms with Crippen molar-refractivity contribution in [1.82, 2.24) is 9.80 Å². The van der Waals surface area contributed by atoms with E-state index in [1.807, 2.05) is 0 Å².